The van der Waals surface area contributed by atoms with E-state index >= 15 is 0 Å². The van der Waals surface area contributed by atoms with Gasteiger partial charge in [-0.25, -0.2) is 14.3 Å². The largest absolute Gasteiger partial charge is 0.461 e. The van der Waals surface area contributed by atoms with Crippen LogP contribution in [-0.4, -0.2) is 32.3 Å². The summed E-state index contributed by atoms with van der Waals surface area (Å²) in [4.78, 5) is 16.2. The van der Waals surface area contributed by atoms with Gasteiger partial charge in [0.2, 0.25) is 4.96 Å². The third-order valence-corrected chi connectivity index (χ3v) is 2.84. The van der Waals surface area contributed by atoms with Gasteiger partial charge < -0.3 is 9.84 Å². The van der Waals surface area contributed by atoms with E-state index in [-0.39, 0.29) is 18.9 Å². The maximum Gasteiger partial charge on any atom is 0.359 e. The Labute approximate surface area is 95.5 Å². The van der Waals surface area contributed by atoms with Crippen LogP contribution in [0.15, 0.2) is 0 Å². The fourth-order valence-corrected chi connectivity index (χ4v) is 2.15. The average Bonchev–Trinajstić information content (AvgIpc) is 2.73. The molecule has 2 rings (SSSR count). The van der Waals surface area contributed by atoms with Crippen LogP contribution in [0.1, 0.15) is 28.1 Å². The molecule has 0 saturated heterocycles. The molecule has 2 aromatic heterocycles. The zero-order chi connectivity index (χ0) is 11.7. The van der Waals surface area contributed by atoms with Gasteiger partial charge in [0.05, 0.1) is 13.2 Å². The molecule has 6 nitrogen and oxygen atoms in total. The molecule has 1 N–H and O–H groups in total. The number of fused-ring (bicyclic) bond motifs is 1. The Morgan fingerprint density at radius 2 is 2.38 bits per heavy atom. The van der Waals surface area contributed by atoms with Gasteiger partial charge in [-0.3, -0.25) is 0 Å². The van der Waals surface area contributed by atoms with E-state index in [4.69, 9.17) is 4.74 Å². The Kier molecular flexibility index (Phi) is 2.88. The maximum absolute atomic E-state index is 11.5. The molecule has 0 saturated carbocycles. The molecule has 0 aliphatic rings. The summed E-state index contributed by atoms with van der Waals surface area (Å²) in [5.74, 6) is -0.526. The SMILES string of the molecule is CCOC(=O)c1nc2sc(C)nn2c1CO. The van der Waals surface area contributed by atoms with E-state index in [9.17, 15) is 9.90 Å². The molecule has 86 valence electrons. The van der Waals surface area contributed by atoms with Crippen molar-refractivity contribution in [3.05, 3.63) is 16.4 Å². The number of ether oxygens (including phenoxy) is 1. The van der Waals surface area contributed by atoms with E-state index in [1.54, 1.807) is 6.92 Å². The molecule has 0 fully saturated rings. The van der Waals surface area contributed by atoms with E-state index in [1.165, 1.54) is 15.9 Å². The molecule has 0 radical (unpaired) electrons. The van der Waals surface area contributed by atoms with Gasteiger partial charge in [0.25, 0.3) is 0 Å². The predicted octanol–water partition coefficient (Wildman–Crippen LogP) is 0.768. The molecule has 2 heterocycles. The summed E-state index contributed by atoms with van der Waals surface area (Å²) in [5.41, 5.74) is 0.515. The van der Waals surface area contributed by atoms with Crippen LogP contribution in [0.4, 0.5) is 0 Å². The highest BCUT2D eigenvalue weighted by Crippen LogP contribution is 2.19. The lowest BCUT2D eigenvalue weighted by Gasteiger charge is -1.99. The minimum atomic E-state index is -0.526. The average molecular weight is 241 g/mol. The smallest absolute Gasteiger partial charge is 0.359 e. The van der Waals surface area contributed by atoms with Crippen LogP contribution in [-0.2, 0) is 11.3 Å². The summed E-state index contributed by atoms with van der Waals surface area (Å²) in [6.07, 6.45) is 0. The summed E-state index contributed by atoms with van der Waals surface area (Å²) in [7, 11) is 0. The highest BCUT2D eigenvalue weighted by atomic mass is 32.1. The summed E-state index contributed by atoms with van der Waals surface area (Å²) >= 11 is 1.36. The normalized spacial score (nSPS) is 10.9. The van der Waals surface area contributed by atoms with E-state index in [1.807, 2.05) is 6.92 Å². The highest BCUT2D eigenvalue weighted by molar-refractivity contribution is 7.16. The first-order valence-corrected chi connectivity index (χ1v) is 5.62. The summed E-state index contributed by atoms with van der Waals surface area (Å²) in [6, 6.07) is 0. The molecule has 7 heteroatoms. The van der Waals surface area contributed by atoms with E-state index < -0.39 is 5.97 Å². The molecule has 0 atom stereocenters. The van der Waals surface area contributed by atoms with Crippen molar-refractivity contribution >= 4 is 22.3 Å². The Hall–Kier alpha value is -1.47. The number of rotatable bonds is 3. The zero-order valence-electron chi connectivity index (χ0n) is 8.93. The highest BCUT2D eigenvalue weighted by Gasteiger charge is 2.21. The first-order valence-electron chi connectivity index (χ1n) is 4.80. The van der Waals surface area contributed by atoms with Crippen LogP contribution in [0.3, 0.4) is 0 Å². The second-order valence-electron chi connectivity index (χ2n) is 3.10. The number of aryl methyl sites for hydroxylation is 1. The van der Waals surface area contributed by atoms with Crippen LogP contribution in [0.25, 0.3) is 4.96 Å². The first kappa shape index (κ1) is 11.0. The number of aliphatic hydroxyl groups excluding tert-OH is 1. The fraction of sp³-hybridized carbons (Fsp3) is 0.444. The molecule has 0 bridgehead atoms. The molecule has 2 aromatic rings. The van der Waals surface area contributed by atoms with Gasteiger partial charge in [-0.2, -0.15) is 5.10 Å². The van der Waals surface area contributed by atoms with Crippen molar-refractivity contribution in [3.8, 4) is 0 Å². The van der Waals surface area contributed by atoms with Crippen LogP contribution < -0.4 is 0 Å². The lowest BCUT2D eigenvalue weighted by molar-refractivity contribution is 0.0516. The van der Waals surface area contributed by atoms with Crippen LogP contribution in [0.5, 0.6) is 0 Å². The van der Waals surface area contributed by atoms with Gasteiger partial charge >= 0.3 is 5.97 Å². The van der Waals surface area contributed by atoms with Gasteiger partial charge in [-0.05, 0) is 13.8 Å². The third-order valence-electron chi connectivity index (χ3n) is 2.02. The third kappa shape index (κ3) is 1.68. The minimum Gasteiger partial charge on any atom is -0.461 e. The molecule has 0 aliphatic heterocycles. The second-order valence-corrected chi connectivity index (χ2v) is 4.26. The van der Waals surface area contributed by atoms with Crippen molar-refractivity contribution in [2.24, 2.45) is 0 Å². The Balaban J connectivity index is 2.53. The summed E-state index contributed by atoms with van der Waals surface area (Å²) in [5, 5.41) is 14.2. The maximum atomic E-state index is 11.5. The topological polar surface area (TPSA) is 76.7 Å². The first-order chi connectivity index (χ1) is 7.67. The van der Waals surface area contributed by atoms with Crippen molar-refractivity contribution in [2.45, 2.75) is 20.5 Å². The number of aliphatic hydroxyl groups is 1. The molecule has 0 unspecified atom stereocenters. The van der Waals surface area contributed by atoms with Gasteiger partial charge in [0.1, 0.15) is 10.7 Å². The molecule has 0 aliphatic carbocycles. The Morgan fingerprint density at radius 1 is 1.62 bits per heavy atom. The lowest BCUT2D eigenvalue weighted by Crippen LogP contribution is -2.09. The van der Waals surface area contributed by atoms with Gasteiger partial charge in [-0.1, -0.05) is 11.3 Å². The van der Waals surface area contributed by atoms with Crippen LogP contribution in [0.2, 0.25) is 0 Å². The minimum absolute atomic E-state index is 0.142. The van der Waals surface area contributed by atoms with Crippen LogP contribution in [0, 0.1) is 6.92 Å². The van der Waals surface area contributed by atoms with Crippen molar-refractivity contribution in [1.29, 1.82) is 0 Å². The number of carbonyl (C=O) groups is 1. The second kappa shape index (κ2) is 4.18. The van der Waals surface area contributed by atoms with Crippen molar-refractivity contribution in [2.75, 3.05) is 6.61 Å². The molecule has 16 heavy (non-hydrogen) atoms. The van der Waals surface area contributed by atoms with E-state index in [0.29, 0.717) is 10.7 Å². The van der Waals surface area contributed by atoms with Crippen molar-refractivity contribution < 1.29 is 14.6 Å². The number of imidazole rings is 1. The molecular weight excluding hydrogens is 230 g/mol. The quantitative estimate of drug-likeness (QED) is 0.803. The number of nitrogens with zero attached hydrogens (tertiary/aromatic N) is 3. The standard InChI is InChI=1S/C9H11N3O3S/c1-3-15-8(14)7-6(4-13)12-9(10-7)16-5(2)11-12/h13H,3-4H2,1-2H3. The lowest BCUT2D eigenvalue weighted by atomic mass is 10.3. The Morgan fingerprint density at radius 3 is 3.00 bits per heavy atom. The fourth-order valence-electron chi connectivity index (χ4n) is 1.39. The van der Waals surface area contributed by atoms with Gasteiger partial charge in [0.15, 0.2) is 5.69 Å². The van der Waals surface area contributed by atoms with Crippen molar-refractivity contribution in [1.82, 2.24) is 14.6 Å². The zero-order valence-corrected chi connectivity index (χ0v) is 9.74. The van der Waals surface area contributed by atoms with E-state index in [2.05, 4.69) is 10.1 Å². The molecule has 0 aromatic carbocycles. The number of hydrogen-bond donors (Lipinski definition) is 1. The summed E-state index contributed by atoms with van der Waals surface area (Å²) < 4.78 is 6.33. The van der Waals surface area contributed by atoms with Gasteiger partial charge in [-0.15, -0.1) is 0 Å². The number of esters is 1. The monoisotopic (exact) mass is 241 g/mol. The van der Waals surface area contributed by atoms with Crippen molar-refractivity contribution in [3.63, 3.8) is 0 Å². The Bertz CT molecular complexity index is 531. The molecular formula is C9H11N3O3S. The molecule has 0 spiro atoms. The van der Waals surface area contributed by atoms with Crippen LogP contribution >= 0.6 is 11.3 Å². The summed E-state index contributed by atoms with van der Waals surface area (Å²) in [6.45, 7) is 3.54. The number of carbonyl (C=O) groups excluding carboxylic acids is 1. The predicted molar refractivity (Wildman–Crippen MR) is 57.5 cm³/mol. The number of aromatic nitrogens is 3. The number of hydrogen-bond acceptors (Lipinski definition) is 6. The molecule has 0 amide bonds. The van der Waals surface area contributed by atoms with Gasteiger partial charge in [0, 0.05) is 0 Å². The van der Waals surface area contributed by atoms with E-state index in [0.717, 1.165) is 5.01 Å².